The first-order chi connectivity index (χ1) is 9.58. The van der Waals surface area contributed by atoms with Crippen molar-refractivity contribution in [2.45, 2.75) is 19.4 Å². The van der Waals surface area contributed by atoms with Crippen molar-refractivity contribution in [1.82, 2.24) is 0 Å². The van der Waals surface area contributed by atoms with Gasteiger partial charge in [-0.05, 0) is 31.0 Å². The third-order valence-electron chi connectivity index (χ3n) is 3.07. The van der Waals surface area contributed by atoms with Crippen molar-refractivity contribution in [2.75, 3.05) is 45.4 Å². The average Bonchev–Trinajstić information content (AvgIpc) is 2.41. The number of methoxy groups -OCH3 is 2. The number of anilines is 1. The van der Waals surface area contributed by atoms with Crippen LogP contribution in [0.2, 0.25) is 5.02 Å². The molecule has 20 heavy (non-hydrogen) atoms. The molecule has 0 bridgehead atoms. The number of halogens is 1. The predicted molar refractivity (Wildman–Crippen MR) is 84.8 cm³/mol. The zero-order valence-electron chi connectivity index (χ0n) is 12.6. The number of nitrogens with two attached hydrogens (primary N) is 1. The van der Waals surface area contributed by atoms with E-state index in [0.717, 1.165) is 35.8 Å². The molecule has 0 spiro atoms. The standard InChI is InChI=1S/C15H25ClN2O2/c1-12(17)10-13-4-5-14(11-15(13)16)18(6-8-19-2)7-9-20-3/h4-5,11-12H,6-10,17H2,1-3H3. The van der Waals surface area contributed by atoms with Crippen LogP contribution >= 0.6 is 11.6 Å². The summed E-state index contributed by atoms with van der Waals surface area (Å²) in [6.45, 7) is 4.94. The topological polar surface area (TPSA) is 47.7 Å². The van der Waals surface area contributed by atoms with Gasteiger partial charge in [-0.1, -0.05) is 17.7 Å². The molecule has 114 valence electrons. The van der Waals surface area contributed by atoms with E-state index >= 15 is 0 Å². The van der Waals surface area contributed by atoms with Crippen LogP contribution in [-0.4, -0.2) is 46.6 Å². The maximum Gasteiger partial charge on any atom is 0.0637 e. The molecule has 0 aliphatic rings. The van der Waals surface area contributed by atoms with E-state index in [2.05, 4.69) is 11.0 Å². The highest BCUT2D eigenvalue weighted by Crippen LogP contribution is 2.24. The van der Waals surface area contributed by atoms with Gasteiger partial charge in [0, 0.05) is 44.1 Å². The number of benzene rings is 1. The molecule has 1 rings (SSSR count). The van der Waals surface area contributed by atoms with Crippen molar-refractivity contribution in [3.63, 3.8) is 0 Å². The van der Waals surface area contributed by atoms with Crippen molar-refractivity contribution in [2.24, 2.45) is 5.73 Å². The van der Waals surface area contributed by atoms with Gasteiger partial charge in [-0.25, -0.2) is 0 Å². The summed E-state index contributed by atoms with van der Waals surface area (Å²) in [5.41, 5.74) is 7.99. The van der Waals surface area contributed by atoms with Gasteiger partial charge in [0.25, 0.3) is 0 Å². The van der Waals surface area contributed by atoms with Crippen LogP contribution in [0.15, 0.2) is 18.2 Å². The first-order valence-corrected chi connectivity index (χ1v) is 7.23. The summed E-state index contributed by atoms with van der Waals surface area (Å²) in [7, 11) is 3.40. The molecular weight excluding hydrogens is 276 g/mol. The minimum atomic E-state index is 0.108. The fraction of sp³-hybridized carbons (Fsp3) is 0.600. The van der Waals surface area contributed by atoms with Gasteiger partial charge in [-0.15, -0.1) is 0 Å². The van der Waals surface area contributed by atoms with Crippen molar-refractivity contribution in [3.8, 4) is 0 Å². The van der Waals surface area contributed by atoms with Gasteiger partial charge in [-0.2, -0.15) is 0 Å². The lowest BCUT2D eigenvalue weighted by Gasteiger charge is -2.25. The van der Waals surface area contributed by atoms with Crippen LogP contribution in [0.1, 0.15) is 12.5 Å². The Hall–Kier alpha value is -0.810. The second-order valence-electron chi connectivity index (χ2n) is 4.93. The number of ether oxygens (including phenoxy) is 2. The van der Waals surface area contributed by atoms with Gasteiger partial charge < -0.3 is 20.1 Å². The molecule has 0 saturated heterocycles. The molecule has 1 unspecified atom stereocenters. The molecular formula is C15H25ClN2O2. The lowest BCUT2D eigenvalue weighted by Crippen LogP contribution is -2.30. The zero-order valence-corrected chi connectivity index (χ0v) is 13.3. The Morgan fingerprint density at radius 2 is 1.80 bits per heavy atom. The van der Waals surface area contributed by atoms with Gasteiger partial charge in [-0.3, -0.25) is 0 Å². The van der Waals surface area contributed by atoms with E-state index in [1.807, 2.05) is 19.1 Å². The van der Waals surface area contributed by atoms with Crippen LogP contribution in [-0.2, 0) is 15.9 Å². The number of rotatable bonds is 9. The molecule has 0 aromatic heterocycles. The van der Waals surface area contributed by atoms with Gasteiger partial charge in [0.1, 0.15) is 0 Å². The molecule has 0 fully saturated rings. The van der Waals surface area contributed by atoms with Crippen LogP contribution in [0.4, 0.5) is 5.69 Å². The van der Waals surface area contributed by atoms with E-state index in [4.69, 9.17) is 26.8 Å². The Morgan fingerprint density at radius 1 is 1.20 bits per heavy atom. The van der Waals surface area contributed by atoms with Crippen molar-refractivity contribution < 1.29 is 9.47 Å². The maximum atomic E-state index is 6.34. The van der Waals surface area contributed by atoms with Crippen LogP contribution in [0.25, 0.3) is 0 Å². The minimum Gasteiger partial charge on any atom is -0.383 e. The summed E-state index contributed by atoms with van der Waals surface area (Å²) < 4.78 is 10.3. The summed E-state index contributed by atoms with van der Waals surface area (Å²) in [5, 5.41) is 0.764. The molecule has 0 aliphatic heterocycles. The summed E-state index contributed by atoms with van der Waals surface area (Å²) in [5.74, 6) is 0. The maximum absolute atomic E-state index is 6.34. The SMILES string of the molecule is COCCN(CCOC)c1ccc(CC(C)N)c(Cl)c1. The molecule has 1 atom stereocenters. The van der Waals surface area contributed by atoms with Crippen LogP contribution in [0.3, 0.4) is 0 Å². The van der Waals surface area contributed by atoms with E-state index in [0.29, 0.717) is 13.2 Å². The van der Waals surface area contributed by atoms with Crippen LogP contribution < -0.4 is 10.6 Å². The predicted octanol–water partition coefficient (Wildman–Crippen LogP) is 2.33. The number of hydrogen-bond donors (Lipinski definition) is 1. The second-order valence-corrected chi connectivity index (χ2v) is 5.34. The molecule has 0 aliphatic carbocycles. The van der Waals surface area contributed by atoms with Gasteiger partial charge >= 0.3 is 0 Å². The van der Waals surface area contributed by atoms with Crippen LogP contribution in [0, 0.1) is 0 Å². The highest BCUT2D eigenvalue weighted by molar-refractivity contribution is 6.31. The van der Waals surface area contributed by atoms with Crippen LogP contribution in [0.5, 0.6) is 0 Å². The molecule has 4 nitrogen and oxygen atoms in total. The van der Waals surface area contributed by atoms with E-state index in [-0.39, 0.29) is 6.04 Å². The number of nitrogens with zero attached hydrogens (tertiary/aromatic N) is 1. The molecule has 1 aromatic rings. The summed E-state index contributed by atoms with van der Waals surface area (Å²) in [6.07, 6.45) is 0.787. The quantitative estimate of drug-likeness (QED) is 0.760. The van der Waals surface area contributed by atoms with Gasteiger partial charge in [0.15, 0.2) is 0 Å². The largest absolute Gasteiger partial charge is 0.383 e. The summed E-state index contributed by atoms with van der Waals surface area (Å²) in [4.78, 5) is 2.20. The smallest absolute Gasteiger partial charge is 0.0637 e. The third kappa shape index (κ3) is 5.67. The monoisotopic (exact) mass is 300 g/mol. The van der Waals surface area contributed by atoms with Gasteiger partial charge in [0.2, 0.25) is 0 Å². The molecule has 0 radical (unpaired) electrons. The van der Waals surface area contributed by atoms with Crippen molar-refractivity contribution in [1.29, 1.82) is 0 Å². The molecule has 0 saturated carbocycles. The van der Waals surface area contributed by atoms with Crippen molar-refractivity contribution in [3.05, 3.63) is 28.8 Å². The van der Waals surface area contributed by atoms with E-state index in [1.165, 1.54) is 0 Å². The summed E-state index contributed by atoms with van der Waals surface area (Å²) in [6, 6.07) is 6.23. The molecule has 1 aromatic carbocycles. The lowest BCUT2D eigenvalue weighted by atomic mass is 10.1. The first-order valence-electron chi connectivity index (χ1n) is 6.85. The highest BCUT2D eigenvalue weighted by atomic mass is 35.5. The molecule has 0 amide bonds. The fourth-order valence-electron chi connectivity index (χ4n) is 2.02. The van der Waals surface area contributed by atoms with E-state index in [1.54, 1.807) is 14.2 Å². The first kappa shape index (κ1) is 17.2. The third-order valence-corrected chi connectivity index (χ3v) is 3.43. The Morgan fingerprint density at radius 3 is 2.25 bits per heavy atom. The van der Waals surface area contributed by atoms with Gasteiger partial charge in [0.05, 0.1) is 13.2 Å². The Bertz CT molecular complexity index is 391. The minimum absolute atomic E-state index is 0.108. The van der Waals surface area contributed by atoms with E-state index < -0.39 is 0 Å². The highest BCUT2D eigenvalue weighted by Gasteiger charge is 2.10. The molecule has 5 heteroatoms. The Balaban J connectivity index is 2.81. The fourth-order valence-corrected chi connectivity index (χ4v) is 2.27. The normalized spacial score (nSPS) is 12.4. The molecule has 2 N–H and O–H groups in total. The number of hydrogen-bond acceptors (Lipinski definition) is 4. The lowest BCUT2D eigenvalue weighted by molar-refractivity contribution is 0.190. The second kappa shape index (κ2) is 9.19. The van der Waals surface area contributed by atoms with E-state index in [9.17, 15) is 0 Å². The Kier molecular flexibility index (Phi) is 7.92. The average molecular weight is 301 g/mol. The molecule has 0 heterocycles. The van der Waals surface area contributed by atoms with Crippen molar-refractivity contribution >= 4 is 17.3 Å². The summed E-state index contributed by atoms with van der Waals surface area (Å²) >= 11 is 6.34. The Labute approximate surface area is 126 Å². The zero-order chi connectivity index (χ0) is 15.0.